The number of fused-ring (bicyclic) bond motifs is 1. The molecule has 0 unspecified atom stereocenters. The van der Waals surface area contributed by atoms with E-state index in [1.54, 1.807) is 6.20 Å². The van der Waals surface area contributed by atoms with Gasteiger partial charge in [-0.25, -0.2) is 9.97 Å². The smallest absolute Gasteiger partial charge is 0.229 e. The summed E-state index contributed by atoms with van der Waals surface area (Å²) in [6, 6.07) is 5.77. The van der Waals surface area contributed by atoms with Crippen molar-refractivity contribution in [3.8, 4) is 0 Å². The Hall–Kier alpha value is -1.68. The quantitative estimate of drug-likeness (QED) is 0.752. The van der Waals surface area contributed by atoms with Crippen LogP contribution in [-0.4, -0.2) is 22.4 Å². The number of carbonyl (C=O) groups excluding carboxylic acids is 1. The normalized spacial score (nSPS) is 20.0. The van der Waals surface area contributed by atoms with E-state index in [0.29, 0.717) is 0 Å². The molecule has 4 nitrogen and oxygen atoms in total. The van der Waals surface area contributed by atoms with E-state index in [0.717, 1.165) is 36.0 Å². The molecule has 1 saturated heterocycles. The number of rotatable bonds is 1. The van der Waals surface area contributed by atoms with Crippen molar-refractivity contribution >= 4 is 34.1 Å². The molecule has 0 N–H and O–H groups in total. The molecule has 1 aliphatic rings. The van der Waals surface area contributed by atoms with Gasteiger partial charge in [-0.1, -0.05) is 6.92 Å². The average molecular weight is 276 g/mol. The molecule has 1 atom stereocenters. The molecular formula is C14H14ClN3O. The Balaban J connectivity index is 2.02. The second kappa shape index (κ2) is 4.78. The third-order valence-electron chi connectivity index (χ3n) is 3.56. The Kier molecular flexibility index (Phi) is 3.11. The van der Waals surface area contributed by atoms with Crippen LogP contribution in [0.25, 0.3) is 10.9 Å². The Labute approximate surface area is 116 Å². The molecule has 1 aromatic carbocycles. The largest absolute Gasteiger partial charge is 0.312 e. The summed E-state index contributed by atoms with van der Waals surface area (Å²) in [5.41, 5.74) is 1.65. The van der Waals surface area contributed by atoms with Gasteiger partial charge in [0.05, 0.1) is 5.52 Å². The minimum atomic E-state index is 0.0958. The van der Waals surface area contributed by atoms with E-state index in [4.69, 9.17) is 11.6 Å². The molecule has 2 heterocycles. The molecule has 0 spiro atoms. The monoisotopic (exact) mass is 275 g/mol. The zero-order chi connectivity index (χ0) is 13.4. The van der Waals surface area contributed by atoms with Crippen LogP contribution in [0.2, 0.25) is 5.28 Å². The van der Waals surface area contributed by atoms with Crippen molar-refractivity contribution in [1.82, 2.24) is 9.97 Å². The van der Waals surface area contributed by atoms with Crippen LogP contribution in [0.1, 0.15) is 19.8 Å². The van der Waals surface area contributed by atoms with Gasteiger partial charge in [0.15, 0.2) is 0 Å². The van der Waals surface area contributed by atoms with E-state index in [2.05, 4.69) is 9.97 Å². The first-order valence-electron chi connectivity index (χ1n) is 6.39. The number of halogens is 1. The minimum absolute atomic E-state index is 0.0958. The van der Waals surface area contributed by atoms with Crippen LogP contribution in [0.4, 0.5) is 5.69 Å². The predicted octanol–water partition coefficient (Wildman–Crippen LogP) is 3.05. The number of nitrogens with zero attached hydrogens (tertiary/aromatic N) is 3. The fourth-order valence-corrected chi connectivity index (χ4v) is 2.61. The molecule has 0 saturated carbocycles. The summed E-state index contributed by atoms with van der Waals surface area (Å²) in [6.07, 6.45) is 3.70. The van der Waals surface area contributed by atoms with Crippen molar-refractivity contribution in [3.05, 3.63) is 29.7 Å². The minimum Gasteiger partial charge on any atom is -0.312 e. The summed E-state index contributed by atoms with van der Waals surface area (Å²) in [5, 5.41) is 1.15. The van der Waals surface area contributed by atoms with Gasteiger partial charge in [0.2, 0.25) is 11.2 Å². The van der Waals surface area contributed by atoms with Crippen LogP contribution in [0.3, 0.4) is 0 Å². The van der Waals surface area contributed by atoms with Crippen LogP contribution in [0.15, 0.2) is 24.4 Å². The van der Waals surface area contributed by atoms with Crippen molar-refractivity contribution in [2.75, 3.05) is 11.4 Å². The Morgan fingerprint density at radius 3 is 3.11 bits per heavy atom. The number of benzene rings is 1. The van der Waals surface area contributed by atoms with E-state index in [1.807, 2.05) is 30.0 Å². The molecule has 19 heavy (non-hydrogen) atoms. The molecule has 98 valence electrons. The highest BCUT2D eigenvalue weighted by Gasteiger charge is 2.26. The maximum Gasteiger partial charge on any atom is 0.229 e. The van der Waals surface area contributed by atoms with E-state index in [-0.39, 0.29) is 17.1 Å². The molecule has 0 aliphatic carbocycles. The fourth-order valence-electron chi connectivity index (χ4n) is 2.47. The standard InChI is InChI=1S/C14H14ClN3O/c1-9-3-2-6-18(13(9)19)11-5-4-10-8-16-14(15)17-12(10)7-11/h4-5,7-9H,2-3,6H2,1H3/t9-/m1/s1. The van der Waals surface area contributed by atoms with Gasteiger partial charge in [0, 0.05) is 29.7 Å². The van der Waals surface area contributed by atoms with Gasteiger partial charge in [-0.3, -0.25) is 4.79 Å². The van der Waals surface area contributed by atoms with Crippen molar-refractivity contribution in [2.45, 2.75) is 19.8 Å². The first-order chi connectivity index (χ1) is 9.15. The molecule has 3 rings (SSSR count). The fraction of sp³-hybridized carbons (Fsp3) is 0.357. The van der Waals surface area contributed by atoms with Gasteiger partial charge in [0.1, 0.15) is 0 Å². The van der Waals surface area contributed by atoms with Crippen LogP contribution in [0.5, 0.6) is 0 Å². The van der Waals surface area contributed by atoms with Crippen LogP contribution >= 0.6 is 11.6 Å². The summed E-state index contributed by atoms with van der Waals surface area (Å²) in [4.78, 5) is 22.2. The maximum absolute atomic E-state index is 12.2. The zero-order valence-corrected chi connectivity index (χ0v) is 11.4. The molecule has 1 aliphatic heterocycles. The molecule has 2 aromatic rings. The highest BCUT2D eigenvalue weighted by Crippen LogP contribution is 2.26. The first kappa shape index (κ1) is 12.4. The third kappa shape index (κ3) is 2.28. The SMILES string of the molecule is C[C@@H]1CCCN(c2ccc3cnc(Cl)nc3c2)C1=O. The van der Waals surface area contributed by atoms with E-state index < -0.39 is 0 Å². The molecule has 1 aromatic heterocycles. The highest BCUT2D eigenvalue weighted by molar-refractivity contribution is 6.28. The molecule has 0 bridgehead atoms. The lowest BCUT2D eigenvalue weighted by molar-refractivity contribution is -0.123. The van der Waals surface area contributed by atoms with Crippen molar-refractivity contribution in [1.29, 1.82) is 0 Å². The summed E-state index contributed by atoms with van der Waals surface area (Å²) in [6.45, 7) is 2.75. The third-order valence-corrected chi connectivity index (χ3v) is 3.74. The second-order valence-electron chi connectivity index (χ2n) is 4.92. The van der Waals surface area contributed by atoms with Crippen LogP contribution < -0.4 is 4.90 Å². The summed E-state index contributed by atoms with van der Waals surface area (Å²) >= 11 is 5.81. The Bertz CT molecular complexity index is 644. The summed E-state index contributed by atoms with van der Waals surface area (Å²) in [7, 11) is 0. The van der Waals surface area contributed by atoms with Gasteiger partial charge in [-0.2, -0.15) is 0 Å². The van der Waals surface area contributed by atoms with Gasteiger partial charge < -0.3 is 4.90 Å². The number of piperidine rings is 1. The Morgan fingerprint density at radius 1 is 1.42 bits per heavy atom. The van der Waals surface area contributed by atoms with Gasteiger partial charge in [0.25, 0.3) is 0 Å². The van der Waals surface area contributed by atoms with Crippen molar-refractivity contribution < 1.29 is 4.79 Å². The summed E-state index contributed by atoms with van der Waals surface area (Å²) in [5.74, 6) is 0.282. The first-order valence-corrected chi connectivity index (χ1v) is 6.76. The van der Waals surface area contributed by atoms with Gasteiger partial charge in [-0.15, -0.1) is 0 Å². The average Bonchev–Trinajstić information content (AvgIpc) is 2.41. The number of amides is 1. The van der Waals surface area contributed by atoms with Crippen molar-refractivity contribution in [2.24, 2.45) is 5.92 Å². The topological polar surface area (TPSA) is 46.1 Å². The number of hydrogen-bond acceptors (Lipinski definition) is 3. The number of anilines is 1. The number of carbonyl (C=O) groups is 1. The van der Waals surface area contributed by atoms with Crippen LogP contribution in [-0.2, 0) is 4.79 Å². The molecule has 1 fully saturated rings. The van der Waals surface area contributed by atoms with E-state index in [1.165, 1.54) is 0 Å². The van der Waals surface area contributed by atoms with Gasteiger partial charge >= 0.3 is 0 Å². The number of aromatic nitrogens is 2. The molecular weight excluding hydrogens is 262 g/mol. The number of hydrogen-bond donors (Lipinski definition) is 0. The van der Waals surface area contributed by atoms with Gasteiger partial charge in [-0.05, 0) is 42.6 Å². The maximum atomic E-state index is 12.2. The predicted molar refractivity (Wildman–Crippen MR) is 75.3 cm³/mol. The summed E-state index contributed by atoms with van der Waals surface area (Å²) < 4.78 is 0. The second-order valence-corrected chi connectivity index (χ2v) is 5.25. The van der Waals surface area contributed by atoms with Crippen LogP contribution in [0, 0.1) is 5.92 Å². The lowest BCUT2D eigenvalue weighted by Gasteiger charge is -2.30. The highest BCUT2D eigenvalue weighted by atomic mass is 35.5. The molecule has 1 amide bonds. The van der Waals surface area contributed by atoms with Crippen molar-refractivity contribution in [3.63, 3.8) is 0 Å². The van der Waals surface area contributed by atoms with E-state index >= 15 is 0 Å². The zero-order valence-electron chi connectivity index (χ0n) is 10.6. The molecule has 5 heteroatoms. The van der Waals surface area contributed by atoms with E-state index in [9.17, 15) is 4.79 Å². The lowest BCUT2D eigenvalue weighted by Crippen LogP contribution is -2.40. The lowest BCUT2D eigenvalue weighted by atomic mass is 9.98. The Morgan fingerprint density at radius 2 is 2.26 bits per heavy atom. The molecule has 0 radical (unpaired) electrons.